The van der Waals surface area contributed by atoms with Crippen molar-refractivity contribution in [2.75, 3.05) is 18.9 Å². The van der Waals surface area contributed by atoms with Crippen LogP contribution in [0.15, 0.2) is 23.8 Å². The number of aromatic amines is 1. The van der Waals surface area contributed by atoms with E-state index in [1.807, 2.05) is 0 Å². The molecule has 1 fully saturated rings. The fourth-order valence-corrected chi connectivity index (χ4v) is 6.04. The highest BCUT2D eigenvalue weighted by Crippen LogP contribution is 2.66. The SMILES string of the molecule is C=CCO[C@@H]1C[C@H](n2cnc3c(=O)[nH]c(N)nc32)O[C@@H]1COP(=O)(O)OP(=O)(O)OP(=O)(O)O. The number of phosphoric acid groups is 3. The quantitative estimate of drug-likeness (QED) is 0.158. The van der Waals surface area contributed by atoms with Crippen LogP contribution in [0.1, 0.15) is 12.6 Å². The summed E-state index contributed by atoms with van der Waals surface area (Å²) in [5.41, 5.74) is 5.08. The number of anilines is 1. The van der Waals surface area contributed by atoms with Gasteiger partial charge in [-0.05, 0) is 0 Å². The van der Waals surface area contributed by atoms with Crippen molar-refractivity contribution in [2.45, 2.75) is 24.9 Å². The summed E-state index contributed by atoms with van der Waals surface area (Å²) in [6.45, 7) is 2.84. The number of phosphoric ester groups is 1. The van der Waals surface area contributed by atoms with E-state index in [2.05, 4.69) is 34.7 Å². The number of nitrogens with one attached hydrogen (secondary N) is 1. The first-order chi connectivity index (χ1) is 15.7. The van der Waals surface area contributed by atoms with Gasteiger partial charge >= 0.3 is 23.5 Å². The molecule has 2 aromatic heterocycles. The van der Waals surface area contributed by atoms with Gasteiger partial charge in [-0.1, -0.05) is 6.08 Å². The third kappa shape index (κ3) is 6.88. The zero-order chi connectivity index (χ0) is 25.3. The van der Waals surface area contributed by atoms with Crippen LogP contribution in [0.25, 0.3) is 11.2 Å². The average Bonchev–Trinajstić information content (AvgIpc) is 3.25. The number of aromatic nitrogens is 4. The van der Waals surface area contributed by atoms with Crippen LogP contribution in [0.5, 0.6) is 0 Å². The summed E-state index contributed by atoms with van der Waals surface area (Å²) >= 11 is 0. The van der Waals surface area contributed by atoms with Crippen LogP contribution in [0.3, 0.4) is 0 Å². The molecule has 0 radical (unpaired) electrons. The Morgan fingerprint density at radius 3 is 2.62 bits per heavy atom. The zero-order valence-corrected chi connectivity index (χ0v) is 19.6. The third-order valence-corrected chi connectivity index (χ3v) is 7.99. The maximum atomic E-state index is 12.0. The topological polar surface area (TPSA) is 268 Å². The normalized spacial score (nSPS) is 24.6. The molecule has 0 aromatic carbocycles. The second kappa shape index (κ2) is 10.1. The number of fused-ring (bicyclic) bond motifs is 1. The minimum atomic E-state index is -5.67. The molecule has 0 bridgehead atoms. The Morgan fingerprint density at radius 2 is 1.97 bits per heavy atom. The van der Waals surface area contributed by atoms with Gasteiger partial charge in [-0.15, -0.1) is 6.58 Å². The first-order valence-corrected chi connectivity index (χ1v) is 13.6. The van der Waals surface area contributed by atoms with Crippen molar-refractivity contribution >= 4 is 40.6 Å². The molecule has 0 saturated carbocycles. The lowest BCUT2D eigenvalue weighted by atomic mass is 10.2. The summed E-state index contributed by atoms with van der Waals surface area (Å²) in [5, 5.41) is 0. The van der Waals surface area contributed by atoms with Crippen molar-refractivity contribution in [1.82, 2.24) is 19.5 Å². The molecule has 1 aliphatic heterocycles. The number of nitrogens with zero attached hydrogens (tertiary/aromatic N) is 3. The van der Waals surface area contributed by atoms with Crippen molar-refractivity contribution in [3.05, 3.63) is 29.3 Å². The van der Waals surface area contributed by atoms with Crippen LogP contribution in [-0.4, -0.2) is 64.5 Å². The van der Waals surface area contributed by atoms with Crippen molar-refractivity contribution in [3.8, 4) is 0 Å². The van der Waals surface area contributed by atoms with Gasteiger partial charge in [0, 0.05) is 6.42 Å². The maximum absolute atomic E-state index is 12.0. The van der Waals surface area contributed by atoms with Crippen LogP contribution in [0.2, 0.25) is 0 Å². The lowest BCUT2D eigenvalue weighted by Gasteiger charge is -2.21. The number of hydrogen-bond donors (Lipinski definition) is 6. The molecule has 2 unspecified atom stereocenters. The van der Waals surface area contributed by atoms with Crippen molar-refractivity contribution < 1.29 is 55.9 Å². The molecule has 1 aliphatic rings. The first-order valence-electron chi connectivity index (χ1n) is 9.08. The Hall–Kier alpha value is -1.78. The van der Waals surface area contributed by atoms with Gasteiger partial charge in [-0.3, -0.25) is 18.9 Å². The Bertz CT molecular complexity index is 1260. The molecule has 0 amide bonds. The summed E-state index contributed by atoms with van der Waals surface area (Å²) in [4.78, 5) is 58.3. The van der Waals surface area contributed by atoms with Crippen LogP contribution in [-0.2, 0) is 36.3 Å². The molecule has 2 aromatic rings. The van der Waals surface area contributed by atoms with Crippen LogP contribution < -0.4 is 11.3 Å². The van der Waals surface area contributed by atoms with E-state index in [0.29, 0.717) is 0 Å². The predicted molar refractivity (Wildman–Crippen MR) is 111 cm³/mol. The van der Waals surface area contributed by atoms with Crippen LogP contribution in [0.4, 0.5) is 5.95 Å². The van der Waals surface area contributed by atoms with Gasteiger partial charge in [0.15, 0.2) is 11.2 Å². The molecule has 0 aliphatic carbocycles. The molecule has 5 atom stereocenters. The van der Waals surface area contributed by atoms with Gasteiger partial charge < -0.3 is 34.8 Å². The van der Waals surface area contributed by atoms with E-state index in [9.17, 15) is 28.3 Å². The second-order valence-corrected chi connectivity index (χ2v) is 11.1. The summed E-state index contributed by atoms with van der Waals surface area (Å²) in [5.74, 6) is -0.166. The predicted octanol–water partition coefficient (Wildman–Crippen LogP) is -0.0962. The minimum Gasteiger partial charge on any atom is -0.371 e. The van der Waals surface area contributed by atoms with Crippen molar-refractivity contribution in [2.24, 2.45) is 0 Å². The molecule has 190 valence electrons. The van der Waals surface area contributed by atoms with E-state index >= 15 is 0 Å². The Morgan fingerprint density at radius 1 is 1.26 bits per heavy atom. The van der Waals surface area contributed by atoms with E-state index in [4.69, 9.17) is 25.0 Å². The highest BCUT2D eigenvalue weighted by Gasteiger charge is 2.43. The molecule has 18 nitrogen and oxygen atoms in total. The number of rotatable bonds is 11. The van der Waals surface area contributed by atoms with E-state index in [-0.39, 0.29) is 30.1 Å². The summed E-state index contributed by atoms with van der Waals surface area (Å²) in [7, 11) is -16.6. The average molecular weight is 547 g/mol. The summed E-state index contributed by atoms with van der Waals surface area (Å²) < 4.78 is 58.9. The van der Waals surface area contributed by atoms with Gasteiger partial charge in [-0.25, -0.2) is 18.7 Å². The monoisotopic (exact) mass is 547 g/mol. The van der Waals surface area contributed by atoms with E-state index in [0.717, 1.165) is 0 Å². The summed E-state index contributed by atoms with van der Waals surface area (Å²) in [6.07, 6.45) is 0.146. The third-order valence-electron chi connectivity index (χ3n) is 4.19. The van der Waals surface area contributed by atoms with Gasteiger partial charge in [0.1, 0.15) is 12.3 Å². The smallest absolute Gasteiger partial charge is 0.371 e. The zero-order valence-electron chi connectivity index (χ0n) is 16.9. The molecule has 34 heavy (non-hydrogen) atoms. The number of nitrogens with two attached hydrogens (primary N) is 1. The molecule has 3 rings (SSSR count). The van der Waals surface area contributed by atoms with E-state index in [1.54, 1.807) is 0 Å². The minimum absolute atomic E-state index is 0.0157. The molecule has 7 N–H and O–H groups in total. The number of H-pyrrole nitrogens is 1. The van der Waals surface area contributed by atoms with Crippen molar-refractivity contribution in [1.29, 1.82) is 0 Å². The van der Waals surface area contributed by atoms with Gasteiger partial charge in [0.2, 0.25) is 5.95 Å². The van der Waals surface area contributed by atoms with Gasteiger partial charge in [0.25, 0.3) is 5.56 Å². The standard InChI is InChI=1S/C13H20N5O13P3/c1-2-3-27-7-4-9(18-6-15-10-11(18)16-13(14)17-12(10)19)29-8(7)5-28-33(23,24)31-34(25,26)30-32(20,21)22/h2,6-9H,1,3-5H2,(H,23,24)(H,25,26)(H2,20,21,22)(H3,14,16,17,19)/t7-,8-,9-/m1/s1. The molecule has 1 saturated heterocycles. The molecular formula is C13H20N5O13P3. The lowest BCUT2D eigenvalue weighted by molar-refractivity contribution is -0.0551. The second-order valence-electron chi connectivity index (χ2n) is 6.69. The Kier molecular flexibility index (Phi) is 7.94. The molecule has 3 heterocycles. The molecule has 0 spiro atoms. The number of hydrogen-bond acceptors (Lipinski definition) is 12. The highest BCUT2D eigenvalue weighted by atomic mass is 31.3. The summed E-state index contributed by atoms with van der Waals surface area (Å²) in [6, 6.07) is 0. The highest BCUT2D eigenvalue weighted by molar-refractivity contribution is 7.66. The fraction of sp³-hybridized carbons (Fsp3) is 0.462. The maximum Gasteiger partial charge on any atom is 0.490 e. The Labute approximate surface area is 189 Å². The molecular weight excluding hydrogens is 527 g/mol. The first kappa shape index (κ1) is 26.8. The number of imidazole rings is 1. The Balaban J connectivity index is 1.75. The fourth-order valence-electron chi connectivity index (χ4n) is 3.01. The van der Waals surface area contributed by atoms with E-state index in [1.165, 1.54) is 17.0 Å². The lowest BCUT2D eigenvalue weighted by Crippen LogP contribution is -2.29. The number of ether oxygens (including phenoxy) is 2. The van der Waals surface area contributed by atoms with Gasteiger partial charge in [-0.2, -0.15) is 13.6 Å². The van der Waals surface area contributed by atoms with Crippen molar-refractivity contribution in [3.63, 3.8) is 0 Å². The van der Waals surface area contributed by atoms with Crippen LogP contribution in [0, 0.1) is 0 Å². The molecule has 21 heteroatoms. The van der Waals surface area contributed by atoms with E-state index < -0.39 is 54.1 Å². The number of nitrogen functional groups attached to an aromatic ring is 1. The van der Waals surface area contributed by atoms with Crippen LogP contribution >= 0.6 is 23.5 Å². The largest absolute Gasteiger partial charge is 0.490 e. The van der Waals surface area contributed by atoms with Gasteiger partial charge in [0.05, 0.1) is 25.6 Å².